The lowest BCUT2D eigenvalue weighted by molar-refractivity contribution is 0.141. The zero-order valence-electron chi connectivity index (χ0n) is 7.17. The van der Waals surface area contributed by atoms with Crippen LogP contribution < -0.4 is 5.73 Å². The molecule has 0 aliphatic carbocycles. The molecule has 1 aromatic heterocycles. The second-order valence-electron chi connectivity index (χ2n) is 2.66. The van der Waals surface area contributed by atoms with Gasteiger partial charge in [0.25, 0.3) is 6.43 Å². The number of aliphatic hydroxyl groups is 1. The predicted octanol–water partition coefficient (Wildman–Crippen LogP) is 1.83. The van der Waals surface area contributed by atoms with Gasteiger partial charge in [0.15, 0.2) is 0 Å². The van der Waals surface area contributed by atoms with E-state index in [9.17, 15) is 8.78 Å². The molecule has 0 saturated heterocycles. The summed E-state index contributed by atoms with van der Waals surface area (Å²) in [7, 11) is 0. The highest BCUT2D eigenvalue weighted by Gasteiger charge is 2.18. The summed E-state index contributed by atoms with van der Waals surface area (Å²) >= 11 is 5.52. The van der Waals surface area contributed by atoms with E-state index in [0.717, 1.165) is 0 Å². The average Bonchev–Trinajstić information content (AvgIpc) is 2.16. The van der Waals surface area contributed by atoms with Gasteiger partial charge in [-0.25, -0.2) is 13.8 Å². The Labute approximate surface area is 84.5 Å². The number of pyridine rings is 1. The van der Waals surface area contributed by atoms with Gasteiger partial charge >= 0.3 is 0 Å². The van der Waals surface area contributed by atoms with Crippen LogP contribution in [0.15, 0.2) is 6.07 Å². The second-order valence-corrected chi connectivity index (χ2v) is 2.93. The first-order valence-electron chi connectivity index (χ1n) is 3.83. The van der Waals surface area contributed by atoms with Gasteiger partial charge in [-0.2, -0.15) is 0 Å². The van der Waals surface area contributed by atoms with Crippen molar-refractivity contribution >= 4 is 17.4 Å². The minimum Gasteiger partial charge on any atom is -0.392 e. The Kier molecular flexibility index (Phi) is 3.60. The summed E-state index contributed by atoms with van der Waals surface area (Å²) in [6.07, 6.45) is -2.76. The molecule has 14 heavy (non-hydrogen) atoms. The fourth-order valence-electron chi connectivity index (χ4n) is 1.15. The second kappa shape index (κ2) is 4.52. The number of alkyl halides is 3. The third-order valence-electron chi connectivity index (χ3n) is 1.78. The first kappa shape index (κ1) is 11.1. The van der Waals surface area contributed by atoms with Gasteiger partial charge in [-0.05, 0) is 11.6 Å². The van der Waals surface area contributed by atoms with Crippen LogP contribution in [0.5, 0.6) is 0 Å². The van der Waals surface area contributed by atoms with Crippen molar-refractivity contribution in [2.45, 2.75) is 18.9 Å². The van der Waals surface area contributed by atoms with Gasteiger partial charge < -0.3 is 10.8 Å². The molecule has 0 unspecified atom stereocenters. The van der Waals surface area contributed by atoms with E-state index in [4.69, 9.17) is 22.4 Å². The number of aliphatic hydroxyl groups excluding tert-OH is 1. The lowest BCUT2D eigenvalue weighted by Crippen LogP contribution is -2.06. The summed E-state index contributed by atoms with van der Waals surface area (Å²) in [5, 5.41) is 8.90. The summed E-state index contributed by atoms with van der Waals surface area (Å²) in [5.74, 6) is -0.00403. The number of hydrogen-bond acceptors (Lipinski definition) is 3. The van der Waals surface area contributed by atoms with Crippen molar-refractivity contribution in [3.63, 3.8) is 0 Å². The maximum atomic E-state index is 12.4. The molecule has 6 heteroatoms. The Morgan fingerprint density at radius 1 is 1.57 bits per heavy atom. The molecule has 1 rings (SSSR count). The molecule has 0 atom stereocenters. The lowest BCUT2D eigenvalue weighted by atomic mass is 10.1. The number of aromatic nitrogens is 1. The maximum absolute atomic E-state index is 12.4. The Morgan fingerprint density at radius 3 is 2.64 bits per heavy atom. The molecule has 0 aromatic carbocycles. The topological polar surface area (TPSA) is 59.1 Å². The fourth-order valence-corrected chi connectivity index (χ4v) is 1.39. The van der Waals surface area contributed by atoms with Crippen molar-refractivity contribution in [3.8, 4) is 0 Å². The highest BCUT2D eigenvalue weighted by atomic mass is 35.5. The Morgan fingerprint density at radius 2 is 2.21 bits per heavy atom. The van der Waals surface area contributed by atoms with E-state index in [1.165, 1.54) is 6.07 Å². The molecular formula is C8H9ClF2N2O. The molecule has 0 amide bonds. The normalized spacial score (nSPS) is 10.9. The maximum Gasteiger partial charge on any atom is 0.280 e. The monoisotopic (exact) mass is 222 g/mol. The molecule has 0 fully saturated rings. The van der Waals surface area contributed by atoms with E-state index in [-0.39, 0.29) is 17.3 Å². The van der Waals surface area contributed by atoms with E-state index in [1.807, 2.05) is 0 Å². The van der Waals surface area contributed by atoms with E-state index in [1.54, 1.807) is 0 Å². The number of anilines is 1. The minimum absolute atomic E-state index is 0.0162. The Bertz CT molecular complexity index is 333. The van der Waals surface area contributed by atoms with E-state index in [2.05, 4.69) is 4.98 Å². The standard InChI is InChI=1S/C8H9ClF2N2O/c9-2-4-1-6(12)13-7(8(10)11)5(4)3-14/h1,8,14H,2-3H2,(H2,12,13). The van der Waals surface area contributed by atoms with E-state index < -0.39 is 18.7 Å². The van der Waals surface area contributed by atoms with Gasteiger partial charge in [-0.1, -0.05) is 0 Å². The van der Waals surface area contributed by atoms with E-state index in [0.29, 0.717) is 5.56 Å². The van der Waals surface area contributed by atoms with Crippen molar-refractivity contribution < 1.29 is 13.9 Å². The molecule has 0 aliphatic heterocycles. The number of rotatable bonds is 3. The Hall–Kier alpha value is -0.940. The molecule has 1 heterocycles. The van der Waals surface area contributed by atoms with Gasteiger partial charge in [0.2, 0.25) is 0 Å². The van der Waals surface area contributed by atoms with Crippen LogP contribution in [-0.2, 0) is 12.5 Å². The minimum atomic E-state index is -2.76. The molecule has 0 spiro atoms. The number of halogens is 3. The van der Waals surface area contributed by atoms with Crippen LogP contribution in [0.4, 0.5) is 14.6 Å². The van der Waals surface area contributed by atoms with E-state index >= 15 is 0 Å². The van der Waals surface area contributed by atoms with Crippen LogP contribution in [0.3, 0.4) is 0 Å². The van der Waals surface area contributed by atoms with Crippen LogP contribution in [0, 0.1) is 0 Å². The summed E-state index contributed by atoms with van der Waals surface area (Å²) in [6, 6.07) is 1.38. The van der Waals surface area contributed by atoms with Crippen molar-refractivity contribution in [1.29, 1.82) is 0 Å². The smallest absolute Gasteiger partial charge is 0.280 e. The third kappa shape index (κ3) is 2.10. The summed E-state index contributed by atoms with van der Waals surface area (Å²) in [4.78, 5) is 3.46. The summed E-state index contributed by atoms with van der Waals surface area (Å²) in [6.45, 7) is -0.519. The van der Waals surface area contributed by atoms with Crippen LogP contribution in [0.2, 0.25) is 0 Å². The predicted molar refractivity (Wildman–Crippen MR) is 49.1 cm³/mol. The third-order valence-corrected chi connectivity index (χ3v) is 2.07. The SMILES string of the molecule is Nc1cc(CCl)c(CO)c(C(F)F)n1. The average molecular weight is 223 g/mol. The molecular weight excluding hydrogens is 214 g/mol. The van der Waals surface area contributed by atoms with Gasteiger partial charge in [0, 0.05) is 11.4 Å². The number of hydrogen-bond donors (Lipinski definition) is 2. The lowest BCUT2D eigenvalue weighted by Gasteiger charge is -2.10. The van der Waals surface area contributed by atoms with Crippen molar-refractivity contribution in [1.82, 2.24) is 4.98 Å². The molecule has 78 valence electrons. The first-order chi connectivity index (χ1) is 6.60. The molecule has 1 aromatic rings. The van der Waals surface area contributed by atoms with Crippen LogP contribution in [-0.4, -0.2) is 10.1 Å². The zero-order chi connectivity index (χ0) is 10.7. The van der Waals surface area contributed by atoms with Crippen molar-refractivity contribution in [2.75, 3.05) is 5.73 Å². The molecule has 3 N–H and O–H groups in total. The highest BCUT2D eigenvalue weighted by Crippen LogP contribution is 2.26. The number of nitrogen functional groups attached to an aromatic ring is 1. The van der Waals surface area contributed by atoms with Gasteiger partial charge in [0.05, 0.1) is 6.61 Å². The van der Waals surface area contributed by atoms with Crippen LogP contribution >= 0.6 is 11.6 Å². The molecule has 0 aliphatic rings. The largest absolute Gasteiger partial charge is 0.392 e. The van der Waals surface area contributed by atoms with Gasteiger partial charge in [-0.15, -0.1) is 11.6 Å². The Balaban J connectivity index is 3.31. The highest BCUT2D eigenvalue weighted by molar-refractivity contribution is 6.17. The van der Waals surface area contributed by atoms with Crippen molar-refractivity contribution in [3.05, 3.63) is 22.9 Å². The number of nitrogens with zero attached hydrogens (tertiary/aromatic N) is 1. The van der Waals surface area contributed by atoms with Crippen LogP contribution in [0.25, 0.3) is 0 Å². The molecule has 0 bridgehead atoms. The number of nitrogens with two attached hydrogens (primary N) is 1. The van der Waals surface area contributed by atoms with Gasteiger partial charge in [-0.3, -0.25) is 0 Å². The van der Waals surface area contributed by atoms with Crippen molar-refractivity contribution in [2.24, 2.45) is 0 Å². The zero-order valence-corrected chi connectivity index (χ0v) is 7.93. The van der Waals surface area contributed by atoms with Gasteiger partial charge in [0.1, 0.15) is 11.5 Å². The van der Waals surface area contributed by atoms with Crippen LogP contribution in [0.1, 0.15) is 23.2 Å². The first-order valence-corrected chi connectivity index (χ1v) is 4.36. The fraction of sp³-hybridized carbons (Fsp3) is 0.375. The summed E-state index contributed by atoms with van der Waals surface area (Å²) < 4.78 is 24.9. The summed E-state index contributed by atoms with van der Waals surface area (Å²) in [5.41, 5.74) is 5.26. The molecule has 3 nitrogen and oxygen atoms in total. The quantitative estimate of drug-likeness (QED) is 0.768. The molecule has 0 saturated carbocycles. The molecule has 0 radical (unpaired) electrons.